The Morgan fingerprint density at radius 3 is 2.55 bits per heavy atom. The van der Waals surface area contributed by atoms with Crippen molar-refractivity contribution in [2.45, 2.75) is 49.5 Å². The van der Waals surface area contributed by atoms with Crippen molar-refractivity contribution in [3.63, 3.8) is 0 Å². The molecule has 1 N–H and O–H groups in total. The van der Waals surface area contributed by atoms with Gasteiger partial charge < -0.3 is 10.2 Å². The van der Waals surface area contributed by atoms with Crippen LogP contribution >= 0.6 is 0 Å². The van der Waals surface area contributed by atoms with Gasteiger partial charge in [-0.2, -0.15) is 0 Å². The van der Waals surface area contributed by atoms with Crippen LogP contribution in [0.15, 0.2) is 29.2 Å². The Morgan fingerprint density at radius 1 is 1.21 bits per heavy atom. The Hall–Kier alpha value is -2.00. The fraction of sp³-hybridized carbons (Fsp3) is 0.600. The molecule has 0 spiro atoms. The van der Waals surface area contributed by atoms with E-state index in [1.165, 1.54) is 23.5 Å². The van der Waals surface area contributed by atoms with Gasteiger partial charge in [0.1, 0.15) is 5.82 Å². The minimum Gasteiger partial charge on any atom is -0.353 e. The molecule has 1 aromatic rings. The highest BCUT2D eigenvalue weighted by atomic mass is 32.2. The van der Waals surface area contributed by atoms with E-state index in [0.717, 1.165) is 37.8 Å². The molecule has 1 heterocycles. The van der Waals surface area contributed by atoms with Gasteiger partial charge >= 0.3 is 0 Å². The van der Waals surface area contributed by atoms with Crippen LogP contribution in [0.25, 0.3) is 0 Å². The number of sulfonamides is 1. The van der Waals surface area contributed by atoms with Gasteiger partial charge in [-0.25, -0.2) is 17.1 Å². The van der Waals surface area contributed by atoms with E-state index in [1.54, 1.807) is 4.90 Å². The van der Waals surface area contributed by atoms with E-state index in [4.69, 9.17) is 0 Å². The first-order valence-electron chi connectivity index (χ1n) is 10.1. The predicted octanol–water partition coefficient (Wildman–Crippen LogP) is 1.74. The van der Waals surface area contributed by atoms with E-state index in [-0.39, 0.29) is 35.6 Å². The molecule has 7 nitrogen and oxygen atoms in total. The second-order valence-corrected chi connectivity index (χ2v) is 9.89. The highest BCUT2D eigenvalue weighted by molar-refractivity contribution is 7.89. The Bertz CT molecular complexity index is 840. The van der Waals surface area contributed by atoms with Crippen molar-refractivity contribution in [3.05, 3.63) is 30.1 Å². The highest BCUT2D eigenvalue weighted by Gasteiger charge is 2.31. The quantitative estimate of drug-likeness (QED) is 0.687. The standard InChI is InChI=1S/C20H28FN3O4S/c1-23(29(27,28)18-10-6-16(21)7-11-18)12-3-5-19(25)24-13-2-4-15(14-24)20(26)22-17-8-9-17/h6-7,10-11,15,17H,2-5,8-9,12-14H2,1H3,(H,22,26). The lowest BCUT2D eigenvalue weighted by molar-refractivity contribution is -0.135. The lowest BCUT2D eigenvalue weighted by Crippen LogP contribution is -2.46. The summed E-state index contributed by atoms with van der Waals surface area (Å²) in [5.41, 5.74) is 0. The number of carbonyl (C=O) groups is 2. The minimum absolute atomic E-state index is 0.0215. The number of carbonyl (C=O) groups excluding carboxylic acids is 2. The summed E-state index contributed by atoms with van der Waals surface area (Å²) < 4.78 is 39.2. The average Bonchev–Trinajstić information content (AvgIpc) is 3.52. The van der Waals surface area contributed by atoms with Gasteiger partial charge in [0.2, 0.25) is 21.8 Å². The number of hydrogen-bond donors (Lipinski definition) is 1. The number of halogens is 1. The molecule has 1 aliphatic heterocycles. The van der Waals surface area contributed by atoms with Crippen molar-refractivity contribution in [2.75, 3.05) is 26.7 Å². The number of amides is 2. The smallest absolute Gasteiger partial charge is 0.242 e. The molecule has 3 rings (SSSR count). The summed E-state index contributed by atoms with van der Waals surface area (Å²) in [6.07, 6.45) is 4.27. The lowest BCUT2D eigenvalue weighted by atomic mass is 9.96. The van der Waals surface area contributed by atoms with Crippen LogP contribution in [-0.2, 0) is 19.6 Å². The summed E-state index contributed by atoms with van der Waals surface area (Å²) in [6, 6.07) is 4.99. The summed E-state index contributed by atoms with van der Waals surface area (Å²) in [7, 11) is -2.27. The average molecular weight is 426 g/mol. The molecule has 160 valence electrons. The molecule has 29 heavy (non-hydrogen) atoms. The first-order chi connectivity index (χ1) is 13.8. The molecule has 1 saturated heterocycles. The molecule has 0 bridgehead atoms. The van der Waals surface area contributed by atoms with Gasteiger partial charge in [0.05, 0.1) is 10.8 Å². The van der Waals surface area contributed by atoms with Gasteiger partial charge in [-0.15, -0.1) is 0 Å². The third-order valence-corrected chi connectivity index (χ3v) is 7.33. The maximum Gasteiger partial charge on any atom is 0.242 e. The van der Waals surface area contributed by atoms with Crippen molar-refractivity contribution in [1.29, 1.82) is 0 Å². The van der Waals surface area contributed by atoms with Gasteiger partial charge in [-0.3, -0.25) is 9.59 Å². The monoisotopic (exact) mass is 425 g/mol. The fourth-order valence-corrected chi connectivity index (χ4v) is 4.69. The number of nitrogens with zero attached hydrogens (tertiary/aromatic N) is 2. The zero-order valence-corrected chi connectivity index (χ0v) is 17.5. The van der Waals surface area contributed by atoms with E-state index >= 15 is 0 Å². The number of likely N-dealkylation sites (tertiary alicyclic amines) is 1. The summed E-state index contributed by atoms with van der Waals surface area (Å²) in [4.78, 5) is 26.5. The molecule has 0 aromatic heterocycles. The Labute approximate surface area is 171 Å². The fourth-order valence-electron chi connectivity index (χ4n) is 3.48. The van der Waals surface area contributed by atoms with Crippen molar-refractivity contribution in [3.8, 4) is 0 Å². The Morgan fingerprint density at radius 2 is 1.90 bits per heavy atom. The van der Waals surface area contributed by atoms with Crippen LogP contribution in [0.3, 0.4) is 0 Å². The third-order valence-electron chi connectivity index (χ3n) is 5.45. The van der Waals surface area contributed by atoms with Crippen LogP contribution in [-0.4, -0.2) is 62.2 Å². The first kappa shape index (κ1) is 21.7. The molecule has 2 aliphatic rings. The molecular weight excluding hydrogens is 397 g/mol. The van der Waals surface area contributed by atoms with E-state index in [9.17, 15) is 22.4 Å². The second-order valence-electron chi connectivity index (χ2n) is 7.85. The van der Waals surface area contributed by atoms with Crippen LogP contribution in [0.5, 0.6) is 0 Å². The van der Waals surface area contributed by atoms with Gasteiger partial charge in [0, 0.05) is 39.1 Å². The zero-order chi connectivity index (χ0) is 21.0. The van der Waals surface area contributed by atoms with E-state index in [1.807, 2.05) is 0 Å². The normalized spacial score (nSPS) is 20.0. The first-order valence-corrected chi connectivity index (χ1v) is 11.5. The minimum atomic E-state index is -3.72. The number of rotatable bonds is 8. The number of benzene rings is 1. The van der Waals surface area contributed by atoms with Gasteiger partial charge in [-0.1, -0.05) is 0 Å². The maximum absolute atomic E-state index is 13.0. The Balaban J connectivity index is 1.46. The predicted molar refractivity (Wildman–Crippen MR) is 106 cm³/mol. The molecule has 1 unspecified atom stereocenters. The molecule has 1 aromatic carbocycles. The molecule has 1 atom stereocenters. The molecule has 9 heteroatoms. The van der Waals surface area contributed by atoms with Crippen molar-refractivity contribution < 1.29 is 22.4 Å². The van der Waals surface area contributed by atoms with Gasteiger partial charge in [0.25, 0.3) is 0 Å². The maximum atomic E-state index is 13.0. The second kappa shape index (κ2) is 9.21. The summed E-state index contributed by atoms with van der Waals surface area (Å²) in [5.74, 6) is -0.672. The highest BCUT2D eigenvalue weighted by Crippen LogP contribution is 2.23. The molecule has 2 amide bonds. The van der Waals surface area contributed by atoms with Crippen LogP contribution in [0.1, 0.15) is 38.5 Å². The zero-order valence-electron chi connectivity index (χ0n) is 16.6. The van der Waals surface area contributed by atoms with Crippen molar-refractivity contribution >= 4 is 21.8 Å². The SMILES string of the molecule is CN(CCCC(=O)N1CCCC(C(=O)NC2CC2)C1)S(=O)(=O)c1ccc(F)cc1. The number of hydrogen-bond acceptors (Lipinski definition) is 4. The number of piperidine rings is 1. The van der Waals surface area contributed by atoms with Crippen molar-refractivity contribution in [2.24, 2.45) is 5.92 Å². The lowest BCUT2D eigenvalue weighted by Gasteiger charge is -2.32. The summed E-state index contributed by atoms with van der Waals surface area (Å²) in [6.45, 7) is 1.25. The van der Waals surface area contributed by atoms with Gasteiger partial charge in [-0.05, 0) is 56.4 Å². The molecule has 1 saturated carbocycles. The summed E-state index contributed by atoms with van der Waals surface area (Å²) in [5, 5.41) is 3.00. The van der Waals surface area contributed by atoms with E-state index in [2.05, 4.69) is 5.32 Å². The van der Waals surface area contributed by atoms with Crippen LogP contribution in [0.2, 0.25) is 0 Å². The number of nitrogens with one attached hydrogen (secondary N) is 1. The van der Waals surface area contributed by atoms with Crippen LogP contribution in [0, 0.1) is 11.7 Å². The van der Waals surface area contributed by atoms with Crippen molar-refractivity contribution in [1.82, 2.24) is 14.5 Å². The van der Waals surface area contributed by atoms with E-state index in [0.29, 0.717) is 25.6 Å². The van der Waals surface area contributed by atoms with Crippen LogP contribution < -0.4 is 5.32 Å². The topological polar surface area (TPSA) is 86.8 Å². The molecule has 1 aliphatic carbocycles. The molecule has 0 radical (unpaired) electrons. The summed E-state index contributed by atoms with van der Waals surface area (Å²) >= 11 is 0. The van der Waals surface area contributed by atoms with Gasteiger partial charge in [0.15, 0.2) is 0 Å². The molecule has 2 fully saturated rings. The molecular formula is C20H28FN3O4S. The van der Waals surface area contributed by atoms with E-state index < -0.39 is 15.8 Å². The van der Waals surface area contributed by atoms with Crippen LogP contribution in [0.4, 0.5) is 4.39 Å². The third kappa shape index (κ3) is 5.76. The largest absolute Gasteiger partial charge is 0.353 e. The Kier molecular flexibility index (Phi) is 6.89.